The van der Waals surface area contributed by atoms with Gasteiger partial charge in [0, 0.05) is 24.5 Å². The van der Waals surface area contributed by atoms with Gasteiger partial charge in [0.05, 0.1) is 6.61 Å². The van der Waals surface area contributed by atoms with E-state index in [4.69, 9.17) is 5.11 Å². The Morgan fingerprint density at radius 3 is 2.52 bits per heavy atom. The summed E-state index contributed by atoms with van der Waals surface area (Å²) in [6.07, 6.45) is 4.08. The van der Waals surface area contributed by atoms with Crippen LogP contribution in [0.3, 0.4) is 0 Å². The summed E-state index contributed by atoms with van der Waals surface area (Å²) in [5.41, 5.74) is 1.06. The summed E-state index contributed by atoms with van der Waals surface area (Å²) in [5.74, 6) is -0.235. The highest BCUT2D eigenvalue weighted by Gasteiger charge is 2.45. The molecule has 5 heteroatoms. The van der Waals surface area contributed by atoms with Gasteiger partial charge < -0.3 is 15.3 Å². The first-order chi connectivity index (χ1) is 10.1. The Labute approximate surface area is 124 Å². The van der Waals surface area contributed by atoms with Gasteiger partial charge in [0.2, 0.25) is 0 Å². The molecule has 0 bridgehead atoms. The van der Waals surface area contributed by atoms with Crippen LogP contribution < -0.4 is 5.32 Å². The van der Waals surface area contributed by atoms with Gasteiger partial charge in [-0.3, -0.25) is 0 Å². The minimum absolute atomic E-state index is 0.00692. The van der Waals surface area contributed by atoms with Gasteiger partial charge >= 0.3 is 6.03 Å². The Balaban J connectivity index is 1.59. The molecular weight excluding hydrogens is 271 g/mol. The standard InChI is InChI=1S/C16H21FN2O2/c17-13-3-1-12(2-4-13)16(7-8-16)11-18-15(21)19(9-10-20)14-5-6-14/h1-4,14,20H,5-11H2,(H,18,21). The van der Waals surface area contributed by atoms with Crippen molar-refractivity contribution in [2.24, 2.45) is 0 Å². The maximum Gasteiger partial charge on any atom is 0.317 e. The molecule has 0 spiro atoms. The highest BCUT2D eigenvalue weighted by atomic mass is 19.1. The molecule has 0 radical (unpaired) electrons. The molecule has 21 heavy (non-hydrogen) atoms. The fourth-order valence-corrected chi connectivity index (χ4v) is 2.81. The molecule has 2 fully saturated rings. The predicted molar refractivity (Wildman–Crippen MR) is 77.5 cm³/mol. The number of carbonyl (C=O) groups is 1. The Morgan fingerprint density at radius 2 is 2.00 bits per heavy atom. The SMILES string of the molecule is O=C(NCC1(c2ccc(F)cc2)CC1)N(CCO)C1CC1. The number of nitrogens with zero attached hydrogens (tertiary/aromatic N) is 1. The maximum absolute atomic E-state index is 13.0. The highest BCUT2D eigenvalue weighted by Crippen LogP contribution is 2.47. The topological polar surface area (TPSA) is 52.6 Å². The minimum Gasteiger partial charge on any atom is -0.395 e. The molecule has 3 rings (SSSR count). The maximum atomic E-state index is 13.0. The molecule has 2 N–H and O–H groups in total. The number of urea groups is 1. The second-order valence-corrected chi connectivity index (χ2v) is 6.09. The summed E-state index contributed by atoms with van der Waals surface area (Å²) in [6, 6.07) is 6.75. The Morgan fingerprint density at radius 1 is 1.33 bits per heavy atom. The van der Waals surface area contributed by atoms with E-state index in [2.05, 4.69) is 5.32 Å². The van der Waals surface area contributed by atoms with Crippen molar-refractivity contribution in [3.63, 3.8) is 0 Å². The molecule has 4 nitrogen and oxygen atoms in total. The van der Waals surface area contributed by atoms with Crippen LogP contribution >= 0.6 is 0 Å². The molecule has 0 heterocycles. The molecule has 2 aliphatic carbocycles. The molecule has 1 aromatic rings. The molecule has 114 valence electrons. The first-order valence-corrected chi connectivity index (χ1v) is 7.56. The van der Waals surface area contributed by atoms with Gasteiger partial charge in [-0.1, -0.05) is 12.1 Å². The Kier molecular flexibility index (Phi) is 3.85. The lowest BCUT2D eigenvalue weighted by molar-refractivity contribution is 0.173. The number of hydrogen-bond acceptors (Lipinski definition) is 2. The van der Waals surface area contributed by atoms with Crippen LogP contribution in [0.15, 0.2) is 24.3 Å². The number of aliphatic hydroxyl groups excluding tert-OH is 1. The summed E-state index contributed by atoms with van der Waals surface area (Å²) in [7, 11) is 0. The Bertz CT molecular complexity index is 510. The quantitative estimate of drug-likeness (QED) is 0.843. The lowest BCUT2D eigenvalue weighted by Crippen LogP contribution is -2.45. The number of carbonyl (C=O) groups excluding carboxylic acids is 1. The minimum atomic E-state index is -0.235. The number of halogens is 1. The summed E-state index contributed by atoms with van der Waals surface area (Å²) < 4.78 is 13.0. The molecule has 0 aromatic heterocycles. The zero-order valence-electron chi connectivity index (χ0n) is 12.0. The van der Waals surface area contributed by atoms with Gasteiger partial charge in [-0.2, -0.15) is 0 Å². The fraction of sp³-hybridized carbons (Fsp3) is 0.562. The van der Waals surface area contributed by atoms with Gasteiger partial charge in [0.25, 0.3) is 0 Å². The van der Waals surface area contributed by atoms with E-state index in [1.807, 2.05) is 0 Å². The van der Waals surface area contributed by atoms with Crippen molar-refractivity contribution in [2.75, 3.05) is 19.7 Å². The van der Waals surface area contributed by atoms with Crippen molar-refractivity contribution in [3.05, 3.63) is 35.6 Å². The second-order valence-electron chi connectivity index (χ2n) is 6.09. The van der Waals surface area contributed by atoms with Crippen LogP contribution in [-0.4, -0.2) is 41.8 Å². The van der Waals surface area contributed by atoms with Gasteiger partial charge in [-0.25, -0.2) is 9.18 Å². The summed E-state index contributed by atoms with van der Waals surface area (Å²) in [4.78, 5) is 13.9. The molecule has 2 saturated carbocycles. The zero-order valence-corrected chi connectivity index (χ0v) is 12.0. The van der Waals surface area contributed by atoms with Crippen molar-refractivity contribution in [1.82, 2.24) is 10.2 Å². The fourth-order valence-electron chi connectivity index (χ4n) is 2.81. The van der Waals surface area contributed by atoms with Crippen LogP contribution in [0.25, 0.3) is 0 Å². The molecule has 0 atom stereocenters. The Hall–Kier alpha value is -1.62. The normalized spacial score (nSPS) is 19.1. The van der Waals surface area contributed by atoms with Crippen molar-refractivity contribution in [2.45, 2.75) is 37.1 Å². The highest BCUT2D eigenvalue weighted by molar-refractivity contribution is 5.75. The van der Waals surface area contributed by atoms with Crippen LogP contribution in [0.1, 0.15) is 31.2 Å². The van der Waals surface area contributed by atoms with E-state index in [1.54, 1.807) is 17.0 Å². The summed E-state index contributed by atoms with van der Waals surface area (Å²) in [6.45, 7) is 0.958. The van der Waals surface area contributed by atoms with E-state index in [-0.39, 0.29) is 29.9 Å². The molecule has 0 aliphatic heterocycles. The van der Waals surface area contributed by atoms with E-state index in [0.717, 1.165) is 31.2 Å². The smallest absolute Gasteiger partial charge is 0.317 e. The van der Waals surface area contributed by atoms with Gasteiger partial charge in [-0.05, 0) is 43.4 Å². The first kappa shape index (κ1) is 14.3. The lowest BCUT2D eigenvalue weighted by atomic mass is 9.96. The lowest BCUT2D eigenvalue weighted by Gasteiger charge is -2.24. The number of aliphatic hydroxyl groups is 1. The summed E-state index contributed by atoms with van der Waals surface area (Å²) in [5, 5.41) is 12.0. The zero-order chi connectivity index (χ0) is 14.9. The van der Waals surface area contributed by atoms with Crippen LogP contribution in [0.4, 0.5) is 9.18 Å². The van der Waals surface area contributed by atoms with E-state index in [9.17, 15) is 9.18 Å². The van der Waals surface area contributed by atoms with Crippen LogP contribution in [0, 0.1) is 5.82 Å². The average Bonchev–Trinajstić information content (AvgIpc) is 3.37. The largest absolute Gasteiger partial charge is 0.395 e. The van der Waals surface area contributed by atoms with Crippen LogP contribution in [0.5, 0.6) is 0 Å². The van der Waals surface area contributed by atoms with E-state index >= 15 is 0 Å². The van der Waals surface area contributed by atoms with Crippen molar-refractivity contribution < 1.29 is 14.3 Å². The molecule has 0 saturated heterocycles. The molecule has 2 amide bonds. The third-order valence-electron chi connectivity index (χ3n) is 4.48. The third kappa shape index (κ3) is 3.18. The van der Waals surface area contributed by atoms with Crippen LogP contribution in [0.2, 0.25) is 0 Å². The van der Waals surface area contributed by atoms with E-state index in [1.165, 1.54) is 12.1 Å². The molecule has 1 aromatic carbocycles. The number of rotatable bonds is 6. The summed E-state index contributed by atoms with van der Waals surface area (Å²) >= 11 is 0. The number of hydrogen-bond donors (Lipinski definition) is 2. The molecule has 0 unspecified atom stereocenters. The third-order valence-corrected chi connectivity index (χ3v) is 4.48. The predicted octanol–water partition coefficient (Wildman–Crippen LogP) is 2.02. The van der Waals surface area contributed by atoms with Gasteiger partial charge in [-0.15, -0.1) is 0 Å². The van der Waals surface area contributed by atoms with Crippen molar-refractivity contribution in [1.29, 1.82) is 0 Å². The van der Waals surface area contributed by atoms with Gasteiger partial charge in [0.1, 0.15) is 5.82 Å². The van der Waals surface area contributed by atoms with Gasteiger partial charge in [0.15, 0.2) is 0 Å². The number of benzene rings is 1. The number of nitrogens with one attached hydrogen (secondary N) is 1. The average molecular weight is 292 g/mol. The monoisotopic (exact) mass is 292 g/mol. The van der Waals surface area contributed by atoms with Crippen molar-refractivity contribution >= 4 is 6.03 Å². The first-order valence-electron chi connectivity index (χ1n) is 7.56. The molecule has 2 aliphatic rings. The van der Waals surface area contributed by atoms with Crippen LogP contribution in [-0.2, 0) is 5.41 Å². The van der Waals surface area contributed by atoms with E-state index < -0.39 is 0 Å². The second kappa shape index (κ2) is 5.64. The van der Waals surface area contributed by atoms with E-state index in [0.29, 0.717) is 13.1 Å². The molecular formula is C16H21FN2O2. The number of amides is 2. The van der Waals surface area contributed by atoms with Crippen molar-refractivity contribution in [3.8, 4) is 0 Å².